The molecule has 2 rings (SSSR count). The molecule has 34 heavy (non-hydrogen) atoms. The minimum absolute atomic E-state index is 0.849. The third-order valence-electron chi connectivity index (χ3n) is 6.91. The Labute approximate surface area is 211 Å². The van der Waals surface area contributed by atoms with E-state index in [1.807, 2.05) is 12.4 Å². The van der Waals surface area contributed by atoms with Gasteiger partial charge in [-0.25, -0.2) is 9.97 Å². The molecule has 0 bridgehead atoms. The quantitative estimate of drug-likeness (QED) is 0.193. The van der Waals surface area contributed by atoms with Gasteiger partial charge in [0.25, 0.3) is 0 Å². The molecule has 0 saturated carbocycles. The van der Waals surface area contributed by atoms with Gasteiger partial charge in [0.15, 0.2) is 5.82 Å². The fraction of sp³-hybridized carbons (Fsp3) is 0.688. The van der Waals surface area contributed by atoms with Crippen molar-refractivity contribution in [2.75, 3.05) is 0 Å². The maximum Gasteiger partial charge on any atom is 0.159 e. The summed E-state index contributed by atoms with van der Waals surface area (Å²) in [6, 6.07) is 8.90. The Morgan fingerprint density at radius 3 is 1.38 bits per heavy atom. The van der Waals surface area contributed by atoms with Crippen molar-refractivity contribution in [3.63, 3.8) is 0 Å². The monoisotopic (exact) mass is 464 g/mol. The fourth-order valence-corrected chi connectivity index (χ4v) is 4.63. The Hall–Kier alpha value is -1.70. The molecule has 0 fully saturated rings. The van der Waals surface area contributed by atoms with Gasteiger partial charge in [0.05, 0.1) is 0 Å². The van der Waals surface area contributed by atoms with E-state index in [1.54, 1.807) is 0 Å². The molecule has 2 nitrogen and oxygen atoms in total. The number of hydrogen-bond acceptors (Lipinski definition) is 2. The molecule has 1 aromatic heterocycles. The van der Waals surface area contributed by atoms with Crippen molar-refractivity contribution in [3.8, 4) is 11.4 Å². The minimum atomic E-state index is 0.849. The van der Waals surface area contributed by atoms with Gasteiger partial charge in [-0.05, 0) is 48.6 Å². The molecule has 0 atom stereocenters. The lowest BCUT2D eigenvalue weighted by atomic mass is 10.0. The molecule has 2 heteroatoms. The van der Waals surface area contributed by atoms with Gasteiger partial charge in [0, 0.05) is 18.0 Å². The second-order valence-electron chi connectivity index (χ2n) is 11.2. The molecule has 190 valence electrons. The summed E-state index contributed by atoms with van der Waals surface area (Å²) in [5, 5.41) is 0. The van der Waals surface area contributed by atoms with Crippen molar-refractivity contribution in [2.45, 2.75) is 130 Å². The highest BCUT2D eigenvalue weighted by Crippen LogP contribution is 2.18. The molecule has 0 N–H and O–H groups in total. The van der Waals surface area contributed by atoms with Gasteiger partial charge in [-0.3, -0.25) is 0 Å². The number of hydrogen-bond donors (Lipinski definition) is 0. The van der Waals surface area contributed by atoms with Gasteiger partial charge in [-0.15, -0.1) is 0 Å². The van der Waals surface area contributed by atoms with Gasteiger partial charge in [0.1, 0.15) is 0 Å². The predicted molar refractivity (Wildman–Crippen MR) is 149 cm³/mol. The normalized spacial score (nSPS) is 11.6. The summed E-state index contributed by atoms with van der Waals surface area (Å²) in [6.45, 7) is 9.29. The molecule has 0 amide bonds. The lowest BCUT2D eigenvalue weighted by molar-refractivity contribution is 0.511. The summed E-state index contributed by atoms with van der Waals surface area (Å²) in [4.78, 5) is 9.29. The first-order chi connectivity index (χ1) is 16.5. The van der Waals surface area contributed by atoms with Crippen LogP contribution in [-0.4, -0.2) is 9.97 Å². The number of aryl methyl sites for hydroxylation is 2. The molecular formula is C32H52N2. The highest BCUT2D eigenvalue weighted by Gasteiger charge is 2.03. The van der Waals surface area contributed by atoms with Crippen molar-refractivity contribution in [2.24, 2.45) is 11.8 Å². The van der Waals surface area contributed by atoms with Gasteiger partial charge < -0.3 is 0 Å². The highest BCUT2D eigenvalue weighted by atomic mass is 14.9. The largest absolute Gasteiger partial charge is 0.236 e. The Kier molecular flexibility index (Phi) is 14.9. The third kappa shape index (κ3) is 13.3. The number of aromatic nitrogens is 2. The average Bonchev–Trinajstić information content (AvgIpc) is 2.83. The average molecular weight is 465 g/mol. The van der Waals surface area contributed by atoms with Gasteiger partial charge >= 0.3 is 0 Å². The maximum absolute atomic E-state index is 4.65. The summed E-state index contributed by atoms with van der Waals surface area (Å²) < 4.78 is 0. The number of rotatable bonds is 19. The van der Waals surface area contributed by atoms with E-state index < -0.39 is 0 Å². The zero-order valence-corrected chi connectivity index (χ0v) is 22.8. The second kappa shape index (κ2) is 17.7. The van der Waals surface area contributed by atoms with Crippen LogP contribution in [0, 0.1) is 11.8 Å². The van der Waals surface area contributed by atoms with Crippen LogP contribution in [0.3, 0.4) is 0 Å². The predicted octanol–water partition coefficient (Wildman–Crippen LogP) is 10.0. The van der Waals surface area contributed by atoms with E-state index >= 15 is 0 Å². The molecule has 2 aromatic rings. The first-order valence-electron chi connectivity index (χ1n) is 14.4. The Balaban J connectivity index is 1.58. The smallest absolute Gasteiger partial charge is 0.159 e. The zero-order valence-electron chi connectivity index (χ0n) is 22.8. The van der Waals surface area contributed by atoms with Crippen LogP contribution < -0.4 is 0 Å². The van der Waals surface area contributed by atoms with Crippen LogP contribution in [0.4, 0.5) is 0 Å². The van der Waals surface area contributed by atoms with E-state index in [0.29, 0.717) is 0 Å². The molecule has 0 aliphatic rings. The maximum atomic E-state index is 4.65. The Morgan fingerprint density at radius 1 is 0.500 bits per heavy atom. The van der Waals surface area contributed by atoms with E-state index in [-0.39, 0.29) is 0 Å². The SMILES string of the molecule is CC(C)CCCCCCCCc1ccc(-c2ncc(CCCCCCCCC(C)C)cn2)cc1. The first kappa shape index (κ1) is 28.5. The van der Waals surface area contributed by atoms with Gasteiger partial charge in [0.2, 0.25) is 0 Å². The van der Waals surface area contributed by atoms with Crippen LogP contribution >= 0.6 is 0 Å². The molecule has 0 unspecified atom stereocenters. The first-order valence-corrected chi connectivity index (χ1v) is 14.4. The summed E-state index contributed by atoms with van der Waals surface area (Å²) in [5.41, 5.74) is 3.83. The molecule has 0 aliphatic heterocycles. The molecule has 0 spiro atoms. The summed E-state index contributed by atoms with van der Waals surface area (Å²) in [6.07, 6.45) is 25.5. The molecule has 0 radical (unpaired) electrons. The van der Waals surface area contributed by atoms with Crippen LogP contribution in [-0.2, 0) is 12.8 Å². The molecular weight excluding hydrogens is 412 g/mol. The van der Waals surface area contributed by atoms with Crippen LogP contribution in [0.5, 0.6) is 0 Å². The van der Waals surface area contributed by atoms with Crippen molar-refractivity contribution in [1.82, 2.24) is 9.97 Å². The molecule has 1 aromatic carbocycles. The Morgan fingerprint density at radius 2 is 0.912 bits per heavy atom. The van der Waals surface area contributed by atoms with Gasteiger partial charge in [-0.2, -0.15) is 0 Å². The Bertz CT molecular complexity index is 665. The fourth-order valence-electron chi connectivity index (χ4n) is 4.63. The molecule has 0 aliphatic carbocycles. The van der Waals surface area contributed by atoms with E-state index in [4.69, 9.17) is 0 Å². The molecule has 1 heterocycles. The number of unbranched alkanes of at least 4 members (excludes halogenated alkanes) is 10. The summed E-state index contributed by atoms with van der Waals surface area (Å²) in [5.74, 6) is 2.56. The second-order valence-corrected chi connectivity index (χ2v) is 11.2. The van der Waals surface area contributed by atoms with E-state index in [0.717, 1.165) is 29.6 Å². The van der Waals surface area contributed by atoms with Gasteiger partial charge in [-0.1, -0.05) is 129 Å². The van der Waals surface area contributed by atoms with E-state index in [1.165, 1.54) is 107 Å². The van der Waals surface area contributed by atoms with E-state index in [2.05, 4.69) is 61.9 Å². The van der Waals surface area contributed by atoms with Crippen molar-refractivity contribution in [3.05, 3.63) is 47.8 Å². The van der Waals surface area contributed by atoms with E-state index in [9.17, 15) is 0 Å². The van der Waals surface area contributed by atoms with Crippen LogP contribution in [0.2, 0.25) is 0 Å². The topological polar surface area (TPSA) is 25.8 Å². The number of nitrogens with zero attached hydrogens (tertiary/aromatic N) is 2. The van der Waals surface area contributed by atoms with Crippen molar-refractivity contribution >= 4 is 0 Å². The van der Waals surface area contributed by atoms with Crippen LogP contribution in [0.1, 0.15) is 129 Å². The van der Waals surface area contributed by atoms with Crippen molar-refractivity contribution in [1.29, 1.82) is 0 Å². The lowest BCUT2D eigenvalue weighted by Crippen LogP contribution is -1.94. The van der Waals surface area contributed by atoms with Crippen LogP contribution in [0.25, 0.3) is 11.4 Å². The highest BCUT2D eigenvalue weighted by molar-refractivity contribution is 5.55. The van der Waals surface area contributed by atoms with Crippen LogP contribution in [0.15, 0.2) is 36.7 Å². The zero-order chi connectivity index (χ0) is 24.4. The standard InChI is InChI=1S/C32H52N2/c1-27(2)17-13-9-5-7-11-15-19-29-21-23-31(24-22-29)32-33-25-30(26-34-32)20-16-12-8-6-10-14-18-28(3)4/h21-28H,5-20H2,1-4H3. The molecule has 0 saturated heterocycles. The third-order valence-corrected chi connectivity index (χ3v) is 6.91. The summed E-state index contributed by atoms with van der Waals surface area (Å²) >= 11 is 0. The number of benzene rings is 1. The summed E-state index contributed by atoms with van der Waals surface area (Å²) in [7, 11) is 0. The lowest BCUT2D eigenvalue weighted by Gasteiger charge is -2.06. The van der Waals surface area contributed by atoms with Crippen molar-refractivity contribution < 1.29 is 0 Å². The minimum Gasteiger partial charge on any atom is -0.236 e.